The van der Waals surface area contributed by atoms with Gasteiger partial charge in [-0.3, -0.25) is 4.79 Å². The van der Waals surface area contributed by atoms with Gasteiger partial charge >= 0.3 is 0 Å². The van der Waals surface area contributed by atoms with Crippen LogP contribution in [0.1, 0.15) is 18.4 Å². The summed E-state index contributed by atoms with van der Waals surface area (Å²) in [5.74, 6) is -2.11. The SMILES string of the molecule is O=C1CC[C@@H](C(O)(O)c2ccccc2)N1. The first-order valence-corrected chi connectivity index (χ1v) is 4.90. The molecule has 4 nitrogen and oxygen atoms in total. The van der Waals surface area contributed by atoms with Crippen LogP contribution in [0.5, 0.6) is 0 Å². The van der Waals surface area contributed by atoms with E-state index >= 15 is 0 Å². The maximum absolute atomic E-state index is 11.0. The largest absolute Gasteiger partial charge is 0.360 e. The molecule has 1 aliphatic heterocycles. The van der Waals surface area contributed by atoms with Crippen molar-refractivity contribution in [2.45, 2.75) is 24.7 Å². The van der Waals surface area contributed by atoms with Gasteiger partial charge in [0.25, 0.3) is 0 Å². The summed E-state index contributed by atoms with van der Waals surface area (Å²) < 4.78 is 0. The van der Waals surface area contributed by atoms with Crippen LogP contribution in [0.4, 0.5) is 0 Å². The molecule has 1 aliphatic rings. The lowest BCUT2D eigenvalue weighted by Gasteiger charge is -2.28. The van der Waals surface area contributed by atoms with E-state index in [4.69, 9.17) is 0 Å². The van der Waals surface area contributed by atoms with Gasteiger partial charge in [-0.25, -0.2) is 0 Å². The minimum atomic E-state index is -1.98. The van der Waals surface area contributed by atoms with E-state index in [9.17, 15) is 15.0 Å². The predicted octanol–water partition coefficient (Wildman–Crippen LogP) is 0.103. The first kappa shape index (κ1) is 10.1. The van der Waals surface area contributed by atoms with Crippen molar-refractivity contribution in [2.75, 3.05) is 0 Å². The first-order valence-electron chi connectivity index (χ1n) is 4.90. The van der Waals surface area contributed by atoms with E-state index in [2.05, 4.69) is 5.32 Å². The van der Waals surface area contributed by atoms with Gasteiger partial charge in [-0.1, -0.05) is 30.3 Å². The van der Waals surface area contributed by atoms with Crippen molar-refractivity contribution in [3.63, 3.8) is 0 Å². The third-order valence-electron chi connectivity index (χ3n) is 2.68. The molecule has 4 heteroatoms. The molecule has 0 spiro atoms. The van der Waals surface area contributed by atoms with Crippen molar-refractivity contribution in [3.8, 4) is 0 Å². The first-order chi connectivity index (χ1) is 7.10. The summed E-state index contributed by atoms with van der Waals surface area (Å²) >= 11 is 0. The Hall–Kier alpha value is -1.39. The zero-order valence-corrected chi connectivity index (χ0v) is 8.18. The molecule has 0 aliphatic carbocycles. The van der Waals surface area contributed by atoms with E-state index in [0.29, 0.717) is 18.4 Å². The van der Waals surface area contributed by atoms with Gasteiger partial charge in [0.15, 0.2) is 0 Å². The molecule has 1 atom stereocenters. The van der Waals surface area contributed by atoms with Gasteiger partial charge in [-0.05, 0) is 6.42 Å². The van der Waals surface area contributed by atoms with Crippen LogP contribution in [0.15, 0.2) is 30.3 Å². The fourth-order valence-electron chi connectivity index (χ4n) is 1.80. The lowest BCUT2D eigenvalue weighted by atomic mass is 9.97. The minimum Gasteiger partial charge on any atom is -0.360 e. The molecule has 1 fully saturated rings. The van der Waals surface area contributed by atoms with Crippen LogP contribution >= 0.6 is 0 Å². The molecule has 3 N–H and O–H groups in total. The summed E-state index contributed by atoms with van der Waals surface area (Å²) in [5.41, 5.74) is 0.400. The quantitative estimate of drug-likeness (QED) is 0.602. The molecule has 1 aromatic rings. The van der Waals surface area contributed by atoms with Crippen LogP contribution in [-0.2, 0) is 10.6 Å². The number of benzene rings is 1. The molecular weight excluding hydrogens is 194 g/mol. The van der Waals surface area contributed by atoms with Crippen LogP contribution in [0, 0.1) is 0 Å². The van der Waals surface area contributed by atoms with Gasteiger partial charge in [-0.2, -0.15) is 0 Å². The van der Waals surface area contributed by atoms with Crippen molar-refractivity contribution in [2.24, 2.45) is 0 Å². The van der Waals surface area contributed by atoms with E-state index in [-0.39, 0.29) is 5.91 Å². The van der Waals surface area contributed by atoms with Crippen molar-refractivity contribution >= 4 is 5.91 Å². The van der Waals surface area contributed by atoms with E-state index in [1.165, 1.54) is 0 Å². The topological polar surface area (TPSA) is 69.6 Å². The third kappa shape index (κ3) is 1.86. The monoisotopic (exact) mass is 207 g/mol. The minimum absolute atomic E-state index is 0.136. The van der Waals surface area contributed by atoms with E-state index < -0.39 is 11.8 Å². The average molecular weight is 207 g/mol. The standard InChI is InChI=1S/C11H13NO3/c13-10-7-6-9(12-10)11(14,15)8-4-2-1-3-5-8/h1-5,9,14-15H,6-7H2,(H,12,13)/t9-/m0/s1. The fourth-order valence-corrected chi connectivity index (χ4v) is 1.80. The number of nitrogens with one attached hydrogen (secondary N) is 1. The summed E-state index contributed by atoms with van der Waals surface area (Å²) in [6.45, 7) is 0. The van der Waals surface area contributed by atoms with Crippen molar-refractivity contribution < 1.29 is 15.0 Å². The molecule has 1 heterocycles. The third-order valence-corrected chi connectivity index (χ3v) is 2.68. The molecular formula is C11H13NO3. The second kappa shape index (κ2) is 3.64. The zero-order chi connectivity index (χ0) is 10.9. The number of carbonyl (C=O) groups is 1. The Kier molecular flexibility index (Phi) is 2.46. The van der Waals surface area contributed by atoms with Crippen LogP contribution in [0.25, 0.3) is 0 Å². The van der Waals surface area contributed by atoms with Crippen molar-refractivity contribution in [1.82, 2.24) is 5.32 Å². The van der Waals surface area contributed by atoms with E-state index in [1.807, 2.05) is 0 Å². The summed E-state index contributed by atoms with van der Waals surface area (Å²) in [7, 11) is 0. The van der Waals surface area contributed by atoms with Crippen molar-refractivity contribution in [3.05, 3.63) is 35.9 Å². The van der Waals surface area contributed by atoms with Crippen LogP contribution < -0.4 is 5.32 Å². The van der Waals surface area contributed by atoms with Gasteiger partial charge in [0.2, 0.25) is 11.7 Å². The highest BCUT2D eigenvalue weighted by Crippen LogP contribution is 2.27. The summed E-state index contributed by atoms with van der Waals surface area (Å²) in [6, 6.07) is 7.90. The number of rotatable bonds is 2. The molecule has 1 amide bonds. The molecule has 80 valence electrons. The number of amides is 1. The summed E-state index contributed by atoms with van der Waals surface area (Å²) in [4.78, 5) is 11.0. The highest BCUT2D eigenvalue weighted by atomic mass is 16.5. The Morgan fingerprint density at radius 2 is 1.93 bits per heavy atom. The average Bonchev–Trinajstić information content (AvgIpc) is 2.67. The molecule has 0 radical (unpaired) electrons. The predicted molar refractivity (Wildman–Crippen MR) is 53.7 cm³/mol. The van der Waals surface area contributed by atoms with Gasteiger partial charge < -0.3 is 15.5 Å². The van der Waals surface area contributed by atoms with E-state index in [0.717, 1.165) is 0 Å². The second-order valence-corrected chi connectivity index (χ2v) is 3.75. The number of hydrogen-bond acceptors (Lipinski definition) is 3. The Morgan fingerprint density at radius 3 is 2.47 bits per heavy atom. The summed E-state index contributed by atoms with van der Waals surface area (Å²) in [5, 5.41) is 22.4. The Labute approximate surface area is 87.6 Å². The van der Waals surface area contributed by atoms with Crippen molar-refractivity contribution in [1.29, 1.82) is 0 Å². The van der Waals surface area contributed by atoms with E-state index in [1.54, 1.807) is 30.3 Å². The van der Waals surface area contributed by atoms with Crippen LogP contribution in [0.3, 0.4) is 0 Å². The zero-order valence-electron chi connectivity index (χ0n) is 8.18. The molecule has 0 bridgehead atoms. The Bertz CT molecular complexity index is 361. The molecule has 0 aromatic heterocycles. The van der Waals surface area contributed by atoms with Gasteiger partial charge in [-0.15, -0.1) is 0 Å². The maximum Gasteiger partial charge on any atom is 0.220 e. The van der Waals surface area contributed by atoms with Crippen LogP contribution in [0.2, 0.25) is 0 Å². The molecule has 0 unspecified atom stereocenters. The number of aliphatic hydroxyl groups is 2. The molecule has 0 saturated carbocycles. The molecule has 1 aromatic carbocycles. The van der Waals surface area contributed by atoms with Gasteiger partial charge in [0.05, 0.1) is 6.04 Å². The molecule has 15 heavy (non-hydrogen) atoms. The normalized spacial score (nSPS) is 21.5. The Morgan fingerprint density at radius 1 is 1.27 bits per heavy atom. The highest BCUT2D eigenvalue weighted by molar-refractivity contribution is 5.78. The fraction of sp³-hybridized carbons (Fsp3) is 0.364. The lowest BCUT2D eigenvalue weighted by Crippen LogP contribution is -2.46. The number of carbonyl (C=O) groups excluding carboxylic acids is 1. The summed E-state index contributed by atoms with van der Waals surface area (Å²) in [6.07, 6.45) is 0.793. The molecule has 1 saturated heterocycles. The maximum atomic E-state index is 11.0. The molecule has 2 rings (SSSR count). The second-order valence-electron chi connectivity index (χ2n) is 3.75. The lowest BCUT2D eigenvalue weighted by molar-refractivity contribution is -0.190. The number of hydrogen-bond donors (Lipinski definition) is 3. The van der Waals surface area contributed by atoms with Crippen LogP contribution in [-0.4, -0.2) is 22.2 Å². The Balaban J connectivity index is 2.23. The van der Waals surface area contributed by atoms with Gasteiger partial charge in [0, 0.05) is 12.0 Å². The highest BCUT2D eigenvalue weighted by Gasteiger charge is 2.40. The van der Waals surface area contributed by atoms with Gasteiger partial charge in [0.1, 0.15) is 0 Å². The smallest absolute Gasteiger partial charge is 0.220 e.